The SMILES string of the molecule is COCc1ccc(C(=O)Nc2nc(-c3ccc4ccccc4c3)cs2)cc1. The molecule has 0 spiro atoms. The molecule has 1 amide bonds. The summed E-state index contributed by atoms with van der Waals surface area (Å²) in [4.78, 5) is 17.0. The Bertz CT molecular complexity index is 1090. The molecule has 1 aromatic heterocycles. The van der Waals surface area contributed by atoms with Gasteiger partial charge in [-0.2, -0.15) is 0 Å². The smallest absolute Gasteiger partial charge is 0.257 e. The number of amides is 1. The Morgan fingerprint density at radius 1 is 1.04 bits per heavy atom. The van der Waals surface area contributed by atoms with E-state index >= 15 is 0 Å². The van der Waals surface area contributed by atoms with Gasteiger partial charge in [0, 0.05) is 23.6 Å². The van der Waals surface area contributed by atoms with Gasteiger partial charge in [0.05, 0.1) is 12.3 Å². The standard InChI is InChI=1S/C22H18N2O2S/c1-26-13-15-6-8-17(9-7-15)21(25)24-22-23-20(14-27-22)19-11-10-16-4-2-3-5-18(16)12-19/h2-12,14H,13H2,1H3,(H,23,24,25). The van der Waals surface area contributed by atoms with Gasteiger partial charge in [0.1, 0.15) is 0 Å². The number of anilines is 1. The topological polar surface area (TPSA) is 51.2 Å². The number of ether oxygens (including phenoxy) is 1. The summed E-state index contributed by atoms with van der Waals surface area (Å²) in [7, 11) is 1.65. The minimum atomic E-state index is -0.168. The Kier molecular flexibility index (Phi) is 4.96. The molecule has 0 unspecified atom stereocenters. The number of carbonyl (C=O) groups is 1. The number of benzene rings is 3. The van der Waals surface area contributed by atoms with Crippen molar-refractivity contribution in [2.24, 2.45) is 0 Å². The van der Waals surface area contributed by atoms with Crippen LogP contribution < -0.4 is 5.32 Å². The monoisotopic (exact) mass is 374 g/mol. The van der Waals surface area contributed by atoms with Gasteiger partial charge in [0.2, 0.25) is 0 Å². The van der Waals surface area contributed by atoms with Gasteiger partial charge < -0.3 is 4.74 Å². The van der Waals surface area contributed by atoms with Gasteiger partial charge in [-0.15, -0.1) is 11.3 Å². The molecule has 5 heteroatoms. The number of aromatic nitrogens is 1. The van der Waals surface area contributed by atoms with Crippen molar-refractivity contribution in [2.75, 3.05) is 12.4 Å². The predicted octanol–water partition coefficient (Wildman–Crippen LogP) is 5.36. The zero-order valence-corrected chi connectivity index (χ0v) is 15.6. The molecule has 134 valence electrons. The molecule has 4 rings (SSSR count). The molecule has 1 N–H and O–H groups in total. The molecular formula is C22H18N2O2S. The lowest BCUT2D eigenvalue weighted by Gasteiger charge is -2.04. The zero-order valence-electron chi connectivity index (χ0n) is 14.8. The van der Waals surface area contributed by atoms with Crippen LogP contribution in [0.5, 0.6) is 0 Å². The fraction of sp³-hybridized carbons (Fsp3) is 0.0909. The molecule has 4 aromatic rings. The fourth-order valence-electron chi connectivity index (χ4n) is 2.90. The highest BCUT2D eigenvalue weighted by Crippen LogP contribution is 2.28. The summed E-state index contributed by atoms with van der Waals surface area (Å²) in [5.41, 5.74) is 3.52. The molecule has 0 aliphatic carbocycles. The van der Waals surface area contributed by atoms with E-state index in [1.165, 1.54) is 22.1 Å². The van der Waals surface area contributed by atoms with Gasteiger partial charge in [0.15, 0.2) is 5.13 Å². The summed E-state index contributed by atoms with van der Waals surface area (Å²) in [6, 6.07) is 21.8. The number of thiazole rings is 1. The minimum absolute atomic E-state index is 0.168. The minimum Gasteiger partial charge on any atom is -0.380 e. The number of carbonyl (C=O) groups excluding carboxylic acids is 1. The molecule has 0 atom stereocenters. The predicted molar refractivity (Wildman–Crippen MR) is 110 cm³/mol. The Morgan fingerprint density at radius 3 is 2.59 bits per heavy atom. The zero-order chi connectivity index (χ0) is 18.6. The van der Waals surface area contributed by atoms with Crippen molar-refractivity contribution in [3.05, 3.63) is 83.2 Å². The molecular weight excluding hydrogens is 356 g/mol. The van der Waals surface area contributed by atoms with E-state index in [4.69, 9.17) is 4.74 Å². The van der Waals surface area contributed by atoms with E-state index in [0.717, 1.165) is 16.8 Å². The number of nitrogens with one attached hydrogen (secondary N) is 1. The van der Waals surface area contributed by atoms with Crippen LogP contribution in [0.2, 0.25) is 0 Å². The maximum Gasteiger partial charge on any atom is 0.257 e. The summed E-state index contributed by atoms with van der Waals surface area (Å²) in [6.07, 6.45) is 0. The van der Waals surface area contributed by atoms with Crippen molar-refractivity contribution in [3.63, 3.8) is 0 Å². The molecule has 1 heterocycles. The second kappa shape index (κ2) is 7.70. The normalized spacial score (nSPS) is 10.9. The summed E-state index contributed by atoms with van der Waals surface area (Å²) in [5, 5.41) is 7.79. The maximum absolute atomic E-state index is 12.4. The molecule has 27 heavy (non-hydrogen) atoms. The first-order valence-corrected chi connectivity index (χ1v) is 9.45. The third-order valence-electron chi connectivity index (χ3n) is 4.30. The third-order valence-corrected chi connectivity index (χ3v) is 5.05. The average molecular weight is 374 g/mol. The number of rotatable bonds is 5. The lowest BCUT2D eigenvalue weighted by Crippen LogP contribution is -2.11. The lowest BCUT2D eigenvalue weighted by molar-refractivity contribution is 0.102. The van der Waals surface area contributed by atoms with Gasteiger partial charge in [-0.1, -0.05) is 48.5 Å². The van der Waals surface area contributed by atoms with E-state index in [-0.39, 0.29) is 5.91 Å². The van der Waals surface area contributed by atoms with E-state index < -0.39 is 0 Å². The van der Waals surface area contributed by atoms with Crippen molar-refractivity contribution in [1.29, 1.82) is 0 Å². The molecule has 0 aliphatic rings. The lowest BCUT2D eigenvalue weighted by atomic mass is 10.1. The Morgan fingerprint density at radius 2 is 1.81 bits per heavy atom. The van der Waals surface area contributed by atoms with E-state index in [1.54, 1.807) is 19.2 Å². The molecule has 0 radical (unpaired) electrons. The number of nitrogens with zero attached hydrogens (tertiary/aromatic N) is 1. The first-order chi connectivity index (χ1) is 13.2. The number of hydrogen-bond acceptors (Lipinski definition) is 4. The highest BCUT2D eigenvalue weighted by molar-refractivity contribution is 7.14. The van der Waals surface area contributed by atoms with Crippen LogP contribution in [0.3, 0.4) is 0 Å². The van der Waals surface area contributed by atoms with Crippen LogP contribution >= 0.6 is 11.3 Å². The average Bonchev–Trinajstić information content (AvgIpc) is 3.17. The molecule has 3 aromatic carbocycles. The van der Waals surface area contributed by atoms with Gasteiger partial charge in [-0.25, -0.2) is 4.98 Å². The Balaban J connectivity index is 1.50. The van der Waals surface area contributed by atoms with Crippen LogP contribution in [0.1, 0.15) is 15.9 Å². The quantitative estimate of drug-likeness (QED) is 0.511. The Hall–Kier alpha value is -3.02. The van der Waals surface area contributed by atoms with Gasteiger partial charge in [-0.05, 0) is 34.5 Å². The van der Waals surface area contributed by atoms with Gasteiger partial charge >= 0.3 is 0 Å². The number of methoxy groups -OCH3 is 1. The first-order valence-electron chi connectivity index (χ1n) is 8.57. The molecule has 0 aliphatic heterocycles. The molecule has 0 saturated heterocycles. The van der Waals surface area contributed by atoms with Crippen LogP contribution in [0.25, 0.3) is 22.0 Å². The first kappa shape index (κ1) is 17.4. The van der Waals surface area contributed by atoms with E-state index in [9.17, 15) is 4.79 Å². The van der Waals surface area contributed by atoms with Crippen molar-refractivity contribution in [1.82, 2.24) is 4.98 Å². The van der Waals surface area contributed by atoms with Crippen molar-refractivity contribution in [3.8, 4) is 11.3 Å². The summed E-state index contributed by atoms with van der Waals surface area (Å²) in [5.74, 6) is -0.168. The highest BCUT2D eigenvalue weighted by Gasteiger charge is 2.10. The summed E-state index contributed by atoms with van der Waals surface area (Å²) in [6.45, 7) is 0.531. The van der Waals surface area contributed by atoms with Crippen LogP contribution in [0.15, 0.2) is 72.1 Å². The summed E-state index contributed by atoms with van der Waals surface area (Å²) >= 11 is 1.42. The number of hydrogen-bond donors (Lipinski definition) is 1. The second-order valence-electron chi connectivity index (χ2n) is 6.18. The van der Waals surface area contributed by atoms with Crippen LogP contribution in [0.4, 0.5) is 5.13 Å². The van der Waals surface area contributed by atoms with E-state index in [0.29, 0.717) is 17.3 Å². The maximum atomic E-state index is 12.4. The van der Waals surface area contributed by atoms with Crippen molar-refractivity contribution in [2.45, 2.75) is 6.61 Å². The van der Waals surface area contributed by atoms with Gasteiger partial charge in [-0.3, -0.25) is 10.1 Å². The van der Waals surface area contributed by atoms with E-state index in [1.807, 2.05) is 29.6 Å². The molecule has 4 nitrogen and oxygen atoms in total. The van der Waals surface area contributed by atoms with Crippen LogP contribution in [-0.2, 0) is 11.3 Å². The van der Waals surface area contributed by atoms with Crippen molar-refractivity contribution < 1.29 is 9.53 Å². The van der Waals surface area contributed by atoms with Gasteiger partial charge in [0.25, 0.3) is 5.91 Å². The second-order valence-corrected chi connectivity index (χ2v) is 7.04. The van der Waals surface area contributed by atoms with Crippen molar-refractivity contribution >= 4 is 33.1 Å². The van der Waals surface area contributed by atoms with E-state index in [2.05, 4.69) is 40.6 Å². The molecule has 0 fully saturated rings. The van der Waals surface area contributed by atoms with Crippen LogP contribution in [-0.4, -0.2) is 18.0 Å². The third kappa shape index (κ3) is 3.89. The largest absolute Gasteiger partial charge is 0.380 e. The fourth-order valence-corrected chi connectivity index (χ4v) is 3.62. The molecule has 0 bridgehead atoms. The van der Waals surface area contributed by atoms with Crippen LogP contribution in [0, 0.1) is 0 Å². The number of fused-ring (bicyclic) bond motifs is 1. The summed E-state index contributed by atoms with van der Waals surface area (Å²) < 4.78 is 5.09. The Labute approximate surface area is 161 Å². The molecule has 0 saturated carbocycles. The highest BCUT2D eigenvalue weighted by atomic mass is 32.1.